The summed E-state index contributed by atoms with van der Waals surface area (Å²) in [4.78, 5) is 0. The van der Waals surface area contributed by atoms with Gasteiger partial charge in [-0.25, -0.2) is 0 Å². The first-order valence-corrected chi connectivity index (χ1v) is 4.73. The minimum absolute atomic E-state index is 0.279. The molecule has 1 N–H and O–H groups in total. The molecule has 0 atom stereocenters. The molecule has 76 valence electrons. The van der Waals surface area contributed by atoms with Crippen molar-refractivity contribution >= 4 is 0 Å². The maximum absolute atomic E-state index is 9.18. The molecule has 2 aromatic carbocycles. The molecule has 0 heterocycles. The van der Waals surface area contributed by atoms with E-state index in [9.17, 15) is 5.11 Å². The molecule has 0 aromatic heterocycles. The van der Waals surface area contributed by atoms with Crippen molar-refractivity contribution in [1.82, 2.24) is 0 Å². The molecule has 0 aliphatic heterocycles. The normalized spacial score (nSPS) is 9.93. The first-order valence-electron chi connectivity index (χ1n) is 4.73. The molecule has 0 aliphatic rings. The van der Waals surface area contributed by atoms with Gasteiger partial charge >= 0.3 is 0 Å². The Balaban J connectivity index is 2.40. The highest BCUT2D eigenvalue weighted by molar-refractivity contribution is 5.65. The summed E-state index contributed by atoms with van der Waals surface area (Å²) in [6.45, 7) is 0. The lowest BCUT2D eigenvalue weighted by Crippen LogP contribution is -1.83. The van der Waals surface area contributed by atoms with Gasteiger partial charge in [0.25, 0.3) is 0 Å². The molecule has 0 saturated carbocycles. The Morgan fingerprint density at radius 2 is 1.67 bits per heavy atom. The van der Waals surface area contributed by atoms with E-state index in [-0.39, 0.29) is 5.75 Å². The summed E-state index contributed by atoms with van der Waals surface area (Å²) in [6.07, 6.45) is 0. The molecule has 0 saturated heterocycles. The monoisotopic (exact) mass is 200 g/mol. The van der Waals surface area contributed by atoms with Gasteiger partial charge in [-0.3, -0.25) is 0 Å². The second-order valence-corrected chi connectivity index (χ2v) is 3.28. The number of phenolic OH excluding ortho intramolecular Hbond substituents is 1. The molecule has 0 bridgehead atoms. The van der Waals surface area contributed by atoms with Gasteiger partial charge < -0.3 is 9.84 Å². The molecule has 15 heavy (non-hydrogen) atoms. The predicted molar refractivity (Wildman–Crippen MR) is 60.1 cm³/mol. The van der Waals surface area contributed by atoms with Gasteiger partial charge in [0.05, 0.1) is 7.11 Å². The van der Waals surface area contributed by atoms with Gasteiger partial charge in [-0.1, -0.05) is 24.3 Å². The number of methoxy groups -OCH3 is 1. The van der Waals surface area contributed by atoms with E-state index in [0.29, 0.717) is 0 Å². The molecule has 0 fully saturated rings. The van der Waals surface area contributed by atoms with Gasteiger partial charge in [0.15, 0.2) is 0 Å². The molecule has 2 aromatic rings. The van der Waals surface area contributed by atoms with Gasteiger partial charge in [0, 0.05) is 0 Å². The summed E-state index contributed by atoms with van der Waals surface area (Å²) in [5, 5.41) is 9.18. The molecular formula is C13H12O2. The number of aromatic hydroxyl groups is 1. The molecule has 2 nitrogen and oxygen atoms in total. The summed E-state index contributed by atoms with van der Waals surface area (Å²) < 4.78 is 5.15. The van der Waals surface area contributed by atoms with Crippen molar-refractivity contribution in [2.24, 2.45) is 0 Å². The number of hydrogen-bond donors (Lipinski definition) is 1. The lowest BCUT2D eigenvalue weighted by molar-refractivity contribution is 0.415. The minimum Gasteiger partial charge on any atom is -0.508 e. The van der Waals surface area contributed by atoms with E-state index < -0.39 is 0 Å². The third-order valence-corrected chi connectivity index (χ3v) is 2.27. The van der Waals surface area contributed by atoms with Gasteiger partial charge in [-0.2, -0.15) is 0 Å². The molecule has 0 amide bonds. The van der Waals surface area contributed by atoms with Crippen LogP contribution in [-0.4, -0.2) is 12.2 Å². The Kier molecular flexibility index (Phi) is 2.59. The number of benzene rings is 2. The van der Waals surface area contributed by atoms with E-state index in [4.69, 9.17) is 4.74 Å². The van der Waals surface area contributed by atoms with E-state index in [0.717, 1.165) is 16.9 Å². The highest BCUT2D eigenvalue weighted by atomic mass is 16.5. The van der Waals surface area contributed by atoms with Crippen molar-refractivity contribution < 1.29 is 9.84 Å². The SMILES string of the molecule is COc1cccc(-c2ccc(O)cc2)c1. The second-order valence-electron chi connectivity index (χ2n) is 3.28. The van der Waals surface area contributed by atoms with Crippen LogP contribution in [0.3, 0.4) is 0 Å². The van der Waals surface area contributed by atoms with E-state index in [1.807, 2.05) is 36.4 Å². The Hall–Kier alpha value is -1.96. The van der Waals surface area contributed by atoms with E-state index in [1.165, 1.54) is 0 Å². The van der Waals surface area contributed by atoms with Gasteiger partial charge in [-0.15, -0.1) is 0 Å². The van der Waals surface area contributed by atoms with Crippen molar-refractivity contribution in [3.8, 4) is 22.6 Å². The lowest BCUT2D eigenvalue weighted by atomic mass is 10.1. The zero-order chi connectivity index (χ0) is 10.7. The van der Waals surface area contributed by atoms with Crippen molar-refractivity contribution in [3.05, 3.63) is 48.5 Å². The third kappa shape index (κ3) is 2.10. The Morgan fingerprint density at radius 1 is 0.933 bits per heavy atom. The quantitative estimate of drug-likeness (QED) is 0.807. The van der Waals surface area contributed by atoms with Crippen LogP contribution in [0.1, 0.15) is 0 Å². The zero-order valence-electron chi connectivity index (χ0n) is 8.47. The fourth-order valence-electron chi connectivity index (χ4n) is 1.46. The number of ether oxygens (including phenoxy) is 1. The first-order chi connectivity index (χ1) is 7.29. The largest absolute Gasteiger partial charge is 0.508 e. The van der Waals surface area contributed by atoms with Gasteiger partial charge in [0.2, 0.25) is 0 Å². The second kappa shape index (κ2) is 4.05. The summed E-state index contributed by atoms with van der Waals surface area (Å²) >= 11 is 0. The lowest BCUT2D eigenvalue weighted by Gasteiger charge is -2.04. The van der Waals surface area contributed by atoms with Crippen LogP contribution in [-0.2, 0) is 0 Å². The summed E-state index contributed by atoms with van der Waals surface area (Å²) in [5.74, 6) is 1.11. The van der Waals surface area contributed by atoms with Crippen LogP contribution < -0.4 is 4.74 Å². The van der Waals surface area contributed by atoms with E-state index in [1.54, 1.807) is 19.2 Å². The summed E-state index contributed by atoms with van der Waals surface area (Å²) in [5.41, 5.74) is 2.14. The fourth-order valence-corrected chi connectivity index (χ4v) is 1.46. The van der Waals surface area contributed by atoms with Crippen LogP contribution in [0.2, 0.25) is 0 Å². The standard InChI is InChI=1S/C13H12O2/c1-15-13-4-2-3-11(9-13)10-5-7-12(14)8-6-10/h2-9,14H,1H3. The van der Waals surface area contributed by atoms with Crippen LogP contribution in [0.15, 0.2) is 48.5 Å². The molecule has 2 rings (SSSR count). The van der Waals surface area contributed by atoms with Crippen molar-refractivity contribution in [3.63, 3.8) is 0 Å². The number of phenols is 1. The molecule has 0 unspecified atom stereocenters. The van der Waals surface area contributed by atoms with Gasteiger partial charge in [-0.05, 0) is 35.4 Å². The third-order valence-electron chi connectivity index (χ3n) is 2.27. The fraction of sp³-hybridized carbons (Fsp3) is 0.0769. The number of rotatable bonds is 2. The summed E-state index contributed by atoms with van der Waals surface area (Å²) in [7, 11) is 1.65. The smallest absolute Gasteiger partial charge is 0.119 e. The van der Waals surface area contributed by atoms with E-state index in [2.05, 4.69) is 0 Å². The summed E-state index contributed by atoms with van der Waals surface area (Å²) in [6, 6.07) is 14.9. The average molecular weight is 200 g/mol. The zero-order valence-corrected chi connectivity index (χ0v) is 8.47. The molecule has 0 radical (unpaired) electrons. The van der Waals surface area contributed by atoms with Crippen LogP contribution in [0, 0.1) is 0 Å². The van der Waals surface area contributed by atoms with Gasteiger partial charge in [0.1, 0.15) is 11.5 Å². The molecule has 0 aliphatic carbocycles. The highest BCUT2D eigenvalue weighted by Crippen LogP contribution is 2.24. The minimum atomic E-state index is 0.279. The maximum atomic E-state index is 9.18. The molecule has 0 spiro atoms. The van der Waals surface area contributed by atoms with Crippen LogP contribution in [0.25, 0.3) is 11.1 Å². The van der Waals surface area contributed by atoms with Crippen molar-refractivity contribution in [2.75, 3.05) is 7.11 Å². The molecule has 2 heteroatoms. The van der Waals surface area contributed by atoms with Crippen LogP contribution in [0.5, 0.6) is 11.5 Å². The molecular weight excluding hydrogens is 188 g/mol. The predicted octanol–water partition coefficient (Wildman–Crippen LogP) is 3.07. The van der Waals surface area contributed by atoms with Crippen molar-refractivity contribution in [2.45, 2.75) is 0 Å². The maximum Gasteiger partial charge on any atom is 0.119 e. The van der Waals surface area contributed by atoms with Crippen LogP contribution in [0.4, 0.5) is 0 Å². The Morgan fingerprint density at radius 3 is 2.33 bits per heavy atom. The first kappa shape index (κ1) is 9.59. The van der Waals surface area contributed by atoms with E-state index >= 15 is 0 Å². The average Bonchev–Trinajstić information content (AvgIpc) is 2.30. The van der Waals surface area contributed by atoms with Crippen molar-refractivity contribution in [1.29, 1.82) is 0 Å². The van der Waals surface area contributed by atoms with Crippen LogP contribution >= 0.6 is 0 Å². The number of hydrogen-bond acceptors (Lipinski definition) is 2. The Labute approximate surface area is 88.8 Å². The Bertz CT molecular complexity index is 446. The topological polar surface area (TPSA) is 29.5 Å². The highest BCUT2D eigenvalue weighted by Gasteiger charge is 1.98.